The smallest absolute Gasteiger partial charge is 0.243 e. The molecule has 0 aromatic heterocycles. The number of aryl methyl sites for hydroxylation is 1. The van der Waals surface area contributed by atoms with Gasteiger partial charge in [-0.25, -0.2) is 8.42 Å². The monoisotopic (exact) mass is 431 g/mol. The van der Waals surface area contributed by atoms with Gasteiger partial charge in [-0.05, 0) is 30.2 Å². The molecule has 1 aliphatic rings. The summed E-state index contributed by atoms with van der Waals surface area (Å²) in [4.78, 5) is 24.4. The van der Waals surface area contributed by atoms with E-state index in [-0.39, 0.29) is 23.8 Å². The Morgan fingerprint density at radius 1 is 1.03 bits per heavy atom. The third kappa shape index (κ3) is 5.65. The molecule has 2 aromatic carbocycles. The number of hydrogen-bond acceptors (Lipinski definition) is 5. The number of benzene rings is 2. The zero-order valence-corrected chi connectivity index (χ0v) is 17.6. The van der Waals surface area contributed by atoms with Crippen molar-refractivity contribution in [3.05, 3.63) is 59.7 Å². The van der Waals surface area contributed by atoms with E-state index in [4.69, 9.17) is 4.74 Å². The van der Waals surface area contributed by atoms with Gasteiger partial charge in [0.25, 0.3) is 0 Å². The van der Waals surface area contributed by atoms with Crippen molar-refractivity contribution in [2.75, 3.05) is 38.2 Å². The first-order valence-electron chi connectivity index (χ1n) is 9.65. The normalized spacial score (nSPS) is 14.8. The van der Waals surface area contributed by atoms with E-state index < -0.39 is 15.9 Å². The Morgan fingerprint density at radius 2 is 1.73 bits per heavy atom. The fourth-order valence-corrected chi connectivity index (χ4v) is 4.77. The average Bonchev–Trinajstić information content (AvgIpc) is 2.75. The number of nitrogens with zero attached hydrogens (tertiary/aromatic N) is 1. The predicted octanol–water partition coefficient (Wildman–Crippen LogP) is 1.31. The van der Waals surface area contributed by atoms with Gasteiger partial charge in [-0.1, -0.05) is 36.4 Å². The second-order valence-corrected chi connectivity index (χ2v) is 8.89. The van der Waals surface area contributed by atoms with E-state index in [1.165, 1.54) is 10.4 Å². The maximum Gasteiger partial charge on any atom is 0.243 e. The first-order valence-corrected chi connectivity index (χ1v) is 11.1. The lowest BCUT2D eigenvalue weighted by molar-refractivity contribution is -0.123. The minimum atomic E-state index is -3.68. The molecule has 2 N–H and O–H groups in total. The predicted molar refractivity (Wildman–Crippen MR) is 113 cm³/mol. The Kier molecular flexibility index (Phi) is 7.20. The van der Waals surface area contributed by atoms with Crippen molar-refractivity contribution in [3.63, 3.8) is 0 Å². The van der Waals surface area contributed by atoms with Gasteiger partial charge < -0.3 is 15.4 Å². The van der Waals surface area contributed by atoms with Crippen LogP contribution in [0.25, 0.3) is 0 Å². The summed E-state index contributed by atoms with van der Waals surface area (Å²) in [6, 6.07) is 14.0. The van der Waals surface area contributed by atoms with Gasteiger partial charge in [0.2, 0.25) is 21.8 Å². The highest BCUT2D eigenvalue weighted by Crippen LogP contribution is 2.24. The van der Waals surface area contributed by atoms with Crippen LogP contribution >= 0.6 is 0 Å². The standard InChI is InChI=1S/C21H25N3O5S/c1-16-7-8-18(14-19(16)30(27,28)24-9-11-29-12-10-24)23-21(26)15-22-20(25)13-17-5-3-2-4-6-17/h2-8,14H,9-13,15H2,1H3,(H,22,25)(H,23,26). The van der Waals surface area contributed by atoms with Crippen molar-refractivity contribution in [1.82, 2.24) is 9.62 Å². The summed E-state index contributed by atoms with van der Waals surface area (Å²) in [7, 11) is -3.68. The molecule has 1 saturated heterocycles. The van der Waals surface area contributed by atoms with E-state index in [0.717, 1.165) is 5.56 Å². The molecule has 160 valence electrons. The van der Waals surface area contributed by atoms with Crippen LogP contribution in [0.2, 0.25) is 0 Å². The molecule has 0 saturated carbocycles. The van der Waals surface area contributed by atoms with E-state index in [9.17, 15) is 18.0 Å². The Bertz CT molecular complexity index is 1000. The highest BCUT2D eigenvalue weighted by Gasteiger charge is 2.28. The van der Waals surface area contributed by atoms with E-state index in [0.29, 0.717) is 37.6 Å². The molecule has 30 heavy (non-hydrogen) atoms. The molecule has 9 heteroatoms. The molecule has 8 nitrogen and oxygen atoms in total. The molecule has 0 spiro atoms. The summed E-state index contributed by atoms with van der Waals surface area (Å²) >= 11 is 0. The number of rotatable bonds is 7. The Balaban J connectivity index is 1.60. The van der Waals surface area contributed by atoms with Crippen LogP contribution in [0, 0.1) is 6.92 Å². The molecule has 1 heterocycles. The molecule has 1 fully saturated rings. The third-order valence-corrected chi connectivity index (χ3v) is 6.75. The van der Waals surface area contributed by atoms with Gasteiger partial charge in [0, 0.05) is 18.8 Å². The minimum absolute atomic E-state index is 0.148. The number of carbonyl (C=O) groups excluding carboxylic acids is 2. The first-order chi connectivity index (χ1) is 14.4. The maximum atomic E-state index is 12.9. The largest absolute Gasteiger partial charge is 0.379 e. The van der Waals surface area contributed by atoms with Crippen molar-refractivity contribution in [3.8, 4) is 0 Å². The van der Waals surface area contributed by atoms with Gasteiger partial charge in [-0.15, -0.1) is 0 Å². The van der Waals surface area contributed by atoms with Gasteiger partial charge in [0.1, 0.15) is 0 Å². The molecule has 2 aromatic rings. The molecule has 0 radical (unpaired) electrons. The minimum Gasteiger partial charge on any atom is -0.379 e. The molecule has 3 rings (SSSR count). The summed E-state index contributed by atoms with van der Waals surface area (Å²) in [6.07, 6.45) is 0.181. The number of sulfonamides is 1. The van der Waals surface area contributed by atoms with E-state index in [2.05, 4.69) is 10.6 Å². The summed E-state index contributed by atoms with van der Waals surface area (Å²) in [5.41, 5.74) is 1.80. The van der Waals surface area contributed by atoms with E-state index in [1.54, 1.807) is 19.1 Å². The molecule has 0 unspecified atom stereocenters. The van der Waals surface area contributed by atoms with Crippen LogP contribution in [0.1, 0.15) is 11.1 Å². The van der Waals surface area contributed by atoms with Crippen LogP contribution in [0.3, 0.4) is 0 Å². The van der Waals surface area contributed by atoms with Crippen LogP contribution in [-0.4, -0.2) is 57.4 Å². The van der Waals surface area contributed by atoms with Crippen molar-refractivity contribution in [2.45, 2.75) is 18.2 Å². The Hall–Kier alpha value is -2.75. The number of anilines is 1. The second-order valence-electron chi connectivity index (χ2n) is 6.98. The Labute approximate surface area is 176 Å². The van der Waals surface area contributed by atoms with Crippen LogP contribution in [-0.2, 0) is 30.8 Å². The molecule has 1 aliphatic heterocycles. The topological polar surface area (TPSA) is 105 Å². The van der Waals surface area contributed by atoms with Crippen LogP contribution in [0.15, 0.2) is 53.4 Å². The van der Waals surface area contributed by atoms with Gasteiger partial charge in [0.15, 0.2) is 0 Å². The van der Waals surface area contributed by atoms with Crippen molar-refractivity contribution < 1.29 is 22.7 Å². The van der Waals surface area contributed by atoms with Gasteiger partial charge in [-0.3, -0.25) is 9.59 Å². The fraction of sp³-hybridized carbons (Fsp3) is 0.333. The first kappa shape index (κ1) is 21.9. The summed E-state index contributed by atoms with van der Waals surface area (Å²) in [6.45, 7) is 2.82. The summed E-state index contributed by atoms with van der Waals surface area (Å²) in [5, 5.41) is 5.21. The number of amides is 2. The van der Waals surface area contributed by atoms with Gasteiger partial charge >= 0.3 is 0 Å². The molecule has 0 bridgehead atoms. The lowest BCUT2D eigenvalue weighted by Gasteiger charge is -2.26. The second kappa shape index (κ2) is 9.84. The van der Waals surface area contributed by atoms with E-state index >= 15 is 0 Å². The highest BCUT2D eigenvalue weighted by molar-refractivity contribution is 7.89. The number of morpholine rings is 1. The van der Waals surface area contributed by atoms with Gasteiger partial charge in [0.05, 0.1) is 31.1 Å². The van der Waals surface area contributed by atoms with Crippen molar-refractivity contribution in [2.24, 2.45) is 0 Å². The number of hydrogen-bond donors (Lipinski definition) is 2. The Morgan fingerprint density at radius 3 is 2.43 bits per heavy atom. The lowest BCUT2D eigenvalue weighted by Crippen LogP contribution is -2.40. The SMILES string of the molecule is Cc1ccc(NC(=O)CNC(=O)Cc2ccccc2)cc1S(=O)(=O)N1CCOCC1. The fourth-order valence-electron chi connectivity index (χ4n) is 3.11. The highest BCUT2D eigenvalue weighted by atomic mass is 32.2. The zero-order chi connectivity index (χ0) is 21.6. The lowest BCUT2D eigenvalue weighted by atomic mass is 10.1. The van der Waals surface area contributed by atoms with Crippen molar-refractivity contribution >= 4 is 27.5 Å². The molecule has 0 aliphatic carbocycles. The third-order valence-electron chi connectivity index (χ3n) is 4.71. The number of carbonyl (C=O) groups is 2. The van der Waals surface area contributed by atoms with Crippen LogP contribution in [0.4, 0.5) is 5.69 Å². The summed E-state index contributed by atoms with van der Waals surface area (Å²) in [5.74, 6) is -0.703. The number of nitrogens with one attached hydrogen (secondary N) is 2. The molecular weight excluding hydrogens is 406 g/mol. The molecule has 2 amide bonds. The van der Waals surface area contributed by atoms with Crippen LogP contribution < -0.4 is 10.6 Å². The zero-order valence-electron chi connectivity index (χ0n) is 16.8. The average molecular weight is 432 g/mol. The van der Waals surface area contributed by atoms with Gasteiger partial charge in [-0.2, -0.15) is 4.31 Å². The quantitative estimate of drug-likeness (QED) is 0.688. The number of ether oxygens (including phenoxy) is 1. The van der Waals surface area contributed by atoms with Crippen LogP contribution in [0.5, 0.6) is 0 Å². The van der Waals surface area contributed by atoms with Crippen molar-refractivity contribution in [1.29, 1.82) is 0 Å². The maximum absolute atomic E-state index is 12.9. The molecule has 0 atom stereocenters. The van der Waals surface area contributed by atoms with E-state index in [1.807, 2.05) is 30.3 Å². The molecular formula is C21H25N3O5S. The summed E-state index contributed by atoms with van der Waals surface area (Å²) < 4.78 is 32.5.